The van der Waals surface area contributed by atoms with Crippen LogP contribution in [0.3, 0.4) is 0 Å². The van der Waals surface area contributed by atoms with Crippen LogP contribution in [0.15, 0.2) is 24.3 Å². The molecular formula is C7H8N2O3. The van der Waals surface area contributed by atoms with Crippen molar-refractivity contribution in [3.63, 3.8) is 0 Å². The van der Waals surface area contributed by atoms with Crippen LogP contribution >= 0.6 is 0 Å². The zero-order valence-corrected chi connectivity index (χ0v) is 6.48. The van der Waals surface area contributed by atoms with Gasteiger partial charge in [-0.3, -0.25) is 10.1 Å². The summed E-state index contributed by atoms with van der Waals surface area (Å²) in [5, 5.41) is 20.9. The molecule has 1 aromatic carbocycles. The molecule has 1 N–H and O–H groups in total. The van der Waals surface area contributed by atoms with Gasteiger partial charge in [-0.1, -0.05) is 0 Å². The molecule has 1 rings (SSSR count). The highest BCUT2D eigenvalue weighted by Gasteiger charge is 2.04. The summed E-state index contributed by atoms with van der Waals surface area (Å²) >= 11 is 0. The lowest BCUT2D eigenvalue weighted by Gasteiger charge is -2.14. The minimum atomic E-state index is -0.496. The van der Waals surface area contributed by atoms with Crippen LogP contribution < -0.4 is 5.06 Å². The maximum atomic E-state index is 10.8. The highest BCUT2D eigenvalue weighted by atomic mass is 16.6. The third-order valence-corrected chi connectivity index (χ3v) is 1.48. The number of non-ortho nitro benzene ring substituents is 1. The van der Waals surface area contributed by atoms with Gasteiger partial charge in [0.25, 0.3) is 5.69 Å². The smallest absolute Gasteiger partial charge is 0.269 e. The third-order valence-electron chi connectivity index (χ3n) is 1.48. The van der Waals surface area contributed by atoms with Crippen LogP contribution in [0.5, 0.6) is 0 Å². The highest BCUT2D eigenvalue weighted by Crippen LogP contribution is 2.12. The molecule has 0 amide bonds. The number of nitro groups is 1. The van der Waals surface area contributed by atoms with E-state index in [1.807, 2.05) is 0 Å². The van der Waals surface area contributed by atoms with Crippen LogP contribution in [0.4, 0.5) is 11.4 Å². The first-order valence-corrected chi connectivity index (χ1v) is 3.36. The van der Waals surface area contributed by atoms with E-state index in [2.05, 4.69) is 0 Å². The highest BCUT2D eigenvalue weighted by molar-refractivity contribution is 5.39. The molecule has 0 aromatic heterocycles. The van der Waals surface area contributed by atoms with E-state index in [-0.39, 0.29) is 10.8 Å². The maximum Gasteiger partial charge on any atom is 0.269 e. The predicted molar refractivity (Wildman–Crippen MR) is 43.0 cm³/mol. The summed E-state index contributed by atoms with van der Waals surface area (Å²) in [6.45, 7) is 0. The Morgan fingerprint density at radius 2 is 1.83 bits per heavy atom. The van der Waals surface area contributed by atoms with Crippen LogP contribution in [0.25, 0.3) is 0 Å². The van der Waals surface area contributed by atoms with Gasteiger partial charge in [0.2, 0.25) is 0 Å². The lowest BCUT2D eigenvalue weighted by atomic mass is 10.3. The van der Waals surface area contributed by atoms with Gasteiger partial charge in [-0.05, 0) is 0 Å². The summed E-state index contributed by atoms with van der Waals surface area (Å²) in [7, 11) is 1.42. The summed E-state index contributed by atoms with van der Waals surface area (Å²) in [6.07, 6.45) is 0. The molecule has 0 aliphatic carbocycles. The maximum absolute atomic E-state index is 10.8. The molecule has 1 atom stereocenters. The fourth-order valence-electron chi connectivity index (χ4n) is 0.818. The molecule has 0 spiro atoms. The van der Waals surface area contributed by atoms with Gasteiger partial charge in [-0.25, -0.2) is 0 Å². The average molecular weight is 168 g/mol. The zero-order chi connectivity index (χ0) is 9.14. The summed E-state index contributed by atoms with van der Waals surface area (Å²) < 4.78 is 0. The first-order valence-electron chi connectivity index (χ1n) is 3.36. The van der Waals surface area contributed by atoms with Gasteiger partial charge >= 0.3 is 0 Å². The van der Waals surface area contributed by atoms with Crippen molar-refractivity contribution in [2.45, 2.75) is 0 Å². The summed E-state index contributed by atoms with van der Waals surface area (Å²) in [5.41, 5.74) is 0.487. The molecule has 0 bridgehead atoms. The van der Waals surface area contributed by atoms with Crippen molar-refractivity contribution >= 4 is 11.4 Å². The number of rotatable bonds is 2. The van der Waals surface area contributed by atoms with E-state index in [0.717, 1.165) is 0 Å². The summed E-state index contributed by atoms with van der Waals surface area (Å²) in [5.74, 6) is 0. The molecule has 0 fully saturated rings. The molecule has 12 heavy (non-hydrogen) atoms. The van der Waals surface area contributed by atoms with Gasteiger partial charge in [-0.2, -0.15) is 0 Å². The Labute approximate surface area is 69.0 Å². The zero-order valence-electron chi connectivity index (χ0n) is 6.48. The molecule has 5 nitrogen and oxygen atoms in total. The molecule has 0 saturated carbocycles. The normalized spacial score (nSPS) is 12.5. The molecule has 5 heteroatoms. The van der Waals surface area contributed by atoms with Crippen LogP contribution in [0.1, 0.15) is 0 Å². The predicted octanol–water partition coefficient (Wildman–Crippen LogP) is 0.239. The first-order chi connectivity index (χ1) is 5.61. The number of quaternary nitrogens is 1. The second-order valence-electron chi connectivity index (χ2n) is 2.36. The fraction of sp³-hybridized carbons (Fsp3) is 0.143. The number of hydrogen-bond acceptors (Lipinski definition) is 3. The van der Waals surface area contributed by atoms with Crippen LogP contribution in [-0.2, 0) is 0 Å². The van der Waals surface area contributed by atoms with Crippen molar-refractivity contribution in [2.24, 2.45) is 0 Å². The minimum Gasteiger partial charge on any atom is -0.629 e. The summed E-state index contributed by atoms with van der Waals surface area (Å²) in [4.78, 5) is 9.71. The van der Waals surface area contributed by atoms with Gasteiger partial charge in [0.05, 0.1) is 12.0 Å². The molecule has 0 heterocycles. The van der Waals surface area contributed by atoms with Crippen molar-refractivity contribution in [3.8, 4) is 0 Å². The number of nitro benzene ring substituents is 1. The Morgan fingerprint density at radius 3 is 2.17 bits per heavy atom. The lowest BCUT2D eigenvalue weighted by molar-refractivity contribution is -0.751. The molecule has 0 saturated heterocycles. The lowest BCUT2D eigenvalue weighted by Crippen LogP contribution is -2.98. The number of hydroxylamine groups is 1. The third kappa shape index (κ3) is 1.77. The van der Waals surface area contributed by atoms with Gasteiger partial charge in [0, 0.05) is 24.3 Å². The molecule has 1 unspecified atom stereocenters. The molecule has 0 aliphatic heterocycles. The van der Waals surface area contributed by atoms with Gasteiger partial charge in [0.15, 0.2) is 0 Å². The van der Waals surface area contributed by atoms with E-state index in [9.17, 15) is 15.3 Å². The second-order valence-corrected chi connectivity index (χ2v) is 2.36. The average Bonchev–Trinajstić information content (AvgIpc) is 2.04. The quantitative estimate of drug-likeness (QED) is 0.508. The fourth-order valence-corrected chi connectivity index (χ4v) is 0.818. The van der Waals surface area contributed by atoms with Crippen LogP contribution in [-0.4, -0.2) is 12.0 Å². The van der Waals surface area contributed by atoms with Crippen molar-refractivity contribution in [1.82, 2.24) is 0 Å². The number of hydrogen-bond donors (Lipinski definition) is 1. The molecular weight excluding hydrogens is 160 g/mol. The largest absolute Gasteiger partial charge is 0.629 e. The summed E-state index contributed by atoms with van der Waals surface area (Å²) in [6, 6.07) is 5.52. The van der Waals surface area contributed by atoms with Crippen LogP contribution in [0, 0.1) is 15.3 Å². The van der Waals surface area contributed by atoms with Crippen molar-refractivity contribution < 1.29 is 9.99 Å². The first kappa shape index (κ1) is 8.63. The van der Waals surface area contributed by atoms with Gasteiger partial charge in [-0.15, -0.1) is 0 Å². The van der Waals surface area contributed by atoms with Gasteiger partial charge in [0.1, 0.15) is 5.69 Å². The number of benzene rings is 1. The molecule has 0 aliphatic rings. The molecule has 1 aromatic rings. The Morgan fingerprint density at radius 1 is 1.33 bits per heavy atom. The van der Waals surface area contributed by atoms with E-state index < -0.39 is 4.92 Å². The number of nitrogens with zero attached hydrogens (tertiary/aromatic N) is 1. The SMILES string of the molecule is C[NH+]([O-])c1ccc([N+](=O)[O-])cc1. The minimum absolute atomic E-state index is 0.000000000000000222. The van der Waals surface area contributed by atoms with Gasteiger partial charge < -0.3 is 10.3 Å². The van der Waals surface area contributed by atoms with Crippen molar-refractivity contribution in [1.29, 1.82) is 0 Å². The Hall–Kier alpha value is -1.46. The molecule has 0 radical (unpaired) electrons. The standard InChI is InChI=1S/C7H8N2O3/c1-8(10)6-2-4-7(5-3-6)9(11)12/h2-5,8H,1H3. The van der Waals surface area contributed by atoms with Crippen LogP contribution in [0.2, 0.25) is 0 Å². The van der Waals surface area contributed by atoms with Crippen molar-refractivity contribution in [3.05, 3.63) is 39.6 Å². The van der Waals surface area contributed by atoms with E-state index in [0.29, 0.717) is 5.69 Å². The number of nitrogens with one attached hydrogen (secondary N) is 1. The molecule has 64 valence electrons. The van der Waals surface area contributed by atoms with E-state index in [4.69, 9.17) is 0 Å². The second kappa shape index (κ2) is 3.29. The monoisotopic (exact) mass is 168 g/mol. The Bertz CT molecular complexity index is 281. The van der Waals surface area contributed by atoms with E-state index in [1.165, 1.54) is 31.3 Å². The Balaban J connectivity index is 2.93. The van der Waals surface area contributed by atoms with Crippen molar-refractivity contribution in [2.75, 3.05) is 7.05 Å². The van der Waals surface area contributed by atoms with E-state index in [1.54, 1.807) is 0 Å². The topological polar surface area (TPSA) is 70.6 Å². The van der Waals surface area contributed by atoms with E-state index >= 15 is 0 Å². The Kier molecular flexibility index (Phi) is 2.37.